The van der Waals surface area contributed by atoms with Crippen LogP contribution in [-0.2, 0) is 0 Å². The molecule has 1 aromatic heterocycles. The fraction of sp³-hybridized carbons (Fsp3) is 0.250. The second-order valence-corrected chi connectivity index (χ2v) is 3.28. The molecule has 0 amide bonds. The molecule has 0 aliphatic heterocycles. The van der Waals surface area contributed by atoms with E-state index in [9.17, 15) is 0 Å². The Morgan fingerprint density at radius 2 is 2.14 bits per heavy atom. The fourth-order valence-electron chi connectivity index (χ4n) is 1.11. The summed E-state index contributed by atoms with van der Waals surface area (Å²) in [7, 11) is 0. The predicted octanol–water partition coefficient (Wildman–Crippen LogP) is 4.07. The van der Waals surface area contributed by atoms with Crippen LogP contribution >= 0.6 is 11.3 Å². The molecule has 1 aliphatic carbocycles. The lowest BCUT2D eigenvalue weighted by atomic mass is 10.2. The monoisotopic (exact) mass is 205 g/mol. The molecule has 0 fully saturated rings. The molecule has 1 nitrogen and oxygen atoms in total. The number of aromatic nitrogens is 1. The smallest absolute Gasteiger partial charge is 0.0811 e. The molecule has 2 heteroatoms. The van der Waals surface area contributed by atoms with Crippen molar-refractivity contribution in [2.75, 3.05) is 0 Å². The molecule has 0 aromatic carbocycles. The van der Waals surface area contributed by atoms with Gasteiger partial charge in [-0.25, -0.2) is 4.98 Å². The quantitative estimate of drug-likeness (QED) is 0.673. The molecule has 0 radical (unpaired) electrons. The Balaban J connectivity index is 0.000000461. The van der Waals surface area contributed by atoms with E-state index in [-0.39, 0.29) is 0 Å². The SMILES string of the molecule is C1=CCC=CC(c2cscn2)=C1.CC. The Morgan fingerprint density at radius 3 is 2.86 bits per heavy atom. The van der Waals surface area contributed by atoms with E-state index in [1.165, 1.54) is 5.57 Å². The zero-order chi connectivity index (χ0) is 10.2. The molecule has 0 atom stereocenters. The summed E-state index contributed by atoms with van der Waals surface area (Å²) in [6.07, 6.45) is 11.6. The van der Waals surface area contributed by atoms with E-state index in [1.807, 2.05) is 19.4 Å². The maximum atomic E-state index is 4.25. The molecule has 1 aromatic rings. The molecule has 0 N–H and O–H groups in total. The minimum atomic E-state index is 1.02. The highest BCUT2D eigenvalue weighted by atomic mass is 32.1. The van der Waals surface area contributed by atoms with Crippen molar-refractivity contribution in [2.45, 2.75) is 20.3 Å². The third kappa shape index (κ3) is 2.96. The molecule has 2 rings (SSSR count). The van der Waals surface area contributed by atoms with Crippen LogP contribution in [0, 0.1) is 0 Å². The van der Waals surface area contributed by atoms with Crippen molar-refractivity contribution in [3.63, 3.8) is 0 Å². The number of hydrogen-bond donors (Lipinski definition) is 0. The minimum absolute atomic E-state index is 1.02. The predicted molar refractivity (Wildman–Crippen MR) is 64.3 cm³/mol. The van der Waals surface area contributed by atoms with Crippen LogP contribution in [0.25, 0.3) is 5.57 Å². The molecule has 0 unspecified atom stereocenters. The molecular formula is C12H15NS. The Bertz CT molecular complexity index is 331. The second kappa shape index (κ2) is 6.33. The highest BCUT2D eigenvalue weighted by Crippen LogP contribution is 2.17. The van der Waals surface area contributed by atoms with Crippen LogP contribution in [0.2, 0.25) is 0 Å². The van der Waals surface area contributed by atoms with Gasteiger partial charge in [0.05, 0.1) is 11.2 Å². The number of hydrogen-bond acceptors (Lipinski definition) is 2. The number of allylic oxidation sites excluding steroid dienone is 6. The molecule has 14 heavy (non-hydrogen) atoms. The van der Waals surface area contributed by atoms with Gasteiger partial charge in [-0.05, 0) is 6.42 Å². The van der Waals surface area contributed by atoms with Gasteiger partial charge in [0.15, 0.2) is 0 Å². The minimum Gasteiger partial charge on any atom is -0.245 e. The van der Waals surface area contributed by atoms with Crippen LogP contribution in [0.15, 0.2) is 41.3 Å². The van der Waals surface area contributed by atoms with E-state index in [0.717, 1.165) is 12.1 Å². The summed E-state index contributed by atoms with van der Waals surface area (Å²) in [5, 5.41) is 2.06. The first-order valence-corrected chi connectivity index (χ1v) is 5.83. The number of thiazole rings is 1. The largest absolute Gasteiger partial charge is 0.245 e. The van der Waals surface area contributed by atoms with Crippen molar-refractivity contribution in [2.24, 2.45) is 0 Å². The van der Waals surface area contributed by atoms with Crippen molar-refractivity contribution in [3.05, 3.63) is 47.0 Å². The van der Waals surface area contributed by atoms with Gasteiger partial charge in [-0.1, -0.05) is 44.2 Å². The van der Waals surface area contributed by atoms with Gasteiger partial charge in [-0.2, -0.15) is 0 Å². The van der Waals surface area contributed by atoms with Crippen molar-refractivity contribution in [3.8, 4) is 0 Å². The summed E-state index contributed by atoms with van der Waals surface area (Å²) in [5.41, 5.74) is 4.13. The zero-order valence-electron chi connectivity index (χ0n) is 8.60. The Hall–Kier alpha value is -1.15. The standard InChI is InChI=1S/C10H9NS.C2H6/c1-2-4-6-9(5-3-1)10-7-12-8-11-10;1-2/h1,3-8H,2H2;1-2H3. The highest BCUT2D eigenvalue weighted by Gasteiger charge is 1.98. The summed E-state index contributed by atoms with van der Waals surface area (Å²) in [6, 6.07) is 0. The first-order valence-electron chi connectivity index (χ1n) is 4.89. The van der Waals surface area contributed by atoms with Crippen molar-refractivity contribution in [1.29, 1.82) is 0 Å². The Kier molecular flexibility index (Phi) is 4.94. The van der Waals surface area contributed by atoms with Crippen LogP contribution < -0.4 is 0 Å². The van der Waals surface area contributed by atoms with Crippen molar-refractivity contribution >= 4 is 16.9 Å². The van der Waals surface area contributed by atoms with E-state index in [1.54, 1.807) is 11.3 Å². The van der Waals surface area contributed by atoms with Gasteiger partial charge >= 0.3 is 0 Å². The summed E-state index contributed by atoms with van der Waals surface area (Å²) in [4.78, 5) is 4.25. The van der Waals surface area contributed by atoms with Crippen LogP contribution in [0.1, 0.15) is 26.0 Å². The lowest BCUT2D eigenvalue weighted by Gasteiger charge is -1.92. The highest BCUT2D eigenvalue weighted by molar-refractivity contribution is 7.07. The van der Waals surface area contributed by atoms with E-state index in [2.05, 4.69) is 40.7 Å². The first kappa shape index (κ1) is 10.9. The van der Waals surface area contributed by atoms with E-state index in [0.29, 0.717) is 0 Å². The van der Waals surface area contributed by atoms with Gasteiger partial charge in [-0.3, -0.25) is 0 Å². The Morgan fingerprint density at radius 1 is 1.29 bits per heavy atom. The first-order chi connectivity index (χ1) is 6.97. The van der Waals surface area contributed by atoms with Gasteiger partial charge in [0.1, 0.15) is 0 Å². The summed E-state index contributed by atoms with van der Waals surface area (Å²) in [5.74, 6) is 0. The maximum absolute atomic E-state index is 4.25. The number of rotatable bonds is 1. The maximum Gasteiger partial charge on any atom is 0.0811 e. The molecule has 1 aliphatic rings. The van der Waals surface area contributed by atoms with Gasteiger partial charge in [-0.15, -0.1) is 11.3 Å². The Labute approximate surface area is 89.5 Å². The summed E-state index contributed by atoms with van der Waals surface area (Å²) >= 11 is 1.63. The lowest BCUT2D eigenvalue weighted by molar-refractivity contribution is 1.36. The molecule has 74 valence electrons. The lowest BCUT2D eigenvalue weighted by Crippen LogP contribution is -1.77. The van der Waals surface area contributed by atoms with Crippen molar-refractivity contribution in [1.82, 2.24) is 4.98 Å². The molecule has 0 saturated carbocycles. The number of nitrogens with zero attached hydrogens (tertiary/aromatic N) is 1. The van der Waals surface area contributed by atoms with E-state index >= 15 is 0 Å². The van der Waals surface area contributed by atoms with Crippen LogP contribution in [0.3, 0.4) is 0 Å². The van der Waals surface area contributed by atoms with Crippen LogP contribution in [0.5, 0.6) is 0 Å². The molecule has 0 saturated heterocycles. The van der Waals surface area contributed by atoms with Gasteiger partial charge in [0, 0.05) is 11.0 Å². The molecule has 1 heterocycles. The van der Waals surface area contributed by atoms with Gasteiger partial charge < -0.3 is 0 Å². The second-order valence-electron chi connectivity index (χ2n) is 2.56. The topological polar surface area (TPSA) is 12.9 Å². The third-order valence-electron chi connectivity index (χ3n) is 1.71. The third-order valence-corrected chi connectivity index (χ3v) is 2.30. The van der Waals surface area contributed by atoms with Crippen LogP contribution in [0.4, 0.5) is 0 Å². The summed E-state index contributed by atoms with van der Waals surface area (Å²) < 4.78 is 0. The average molecular weight is 205 g/mol. The van der Waals surface area contributed by atoms with Crippen LogP contribution in [-0.4, -0.2) is 4.98 Å². The van der Waals surface area contributed by atoms with Gasteiger partial charge in [0.2, 0.25) is 0 Å². The molecule has 0 spiro atoms. The van der Waals surface area contributed by atoms with Crippen molar-refractivity contribution < 1.29 is 0 Å². The van der Waals surface area contributed by atoms with Gasteiger partial charge in [0.25, 0.3) is 0 Å². The molecule has 0 bridgehead atoms. The average Bonchev–Trinajstić information content (AvgIpc) is 2.64. The van der Waals surface area contributed by atoms with E-state index < -0.39 is 0 Å². The van der Waals surface area contributed by atoms with E-state index in [4.69, 9.17) is 0 Å². The normalized spacial score (nSPS) is 14.0. The fourth-order valence-corrected chi connectivity index (χ4v) is 1.67. The molecular weight excluding hydrogens is 190 g/mol. The zero-order valence-corrected chi connectivity index (χ0v) is 9.42. The summed E-state index contributed by atoms with van der Waals surface area (Å²) in [6.45, 7) is 4.00.